The minimum Gasteiger partial charge on any atom is -0.464 e. The first-order valence-corrected chi connectivity index (χ1v) is 6.25. The summed E-state index contributed by atoms with van der Waals surface area (Å²) in [4.78, 5) is 22.9. The van der Waals surface area contributed by atoms with E-state index in [4.69, 9.17) is 4.74 Å². The third-order valence-electron chi connectivity index (χ3n) is 2.41. The highest BCUT2D eigenvalue weighted by atomic mass is 32.2. The first-order chi connectivity index (χ1) is 7.14. The summed E-state index contributed by atoms with van der Waals surface area (Å²) in [6.07, 6.45) is 2.59. The van der Waals surface area contributed by atoms with E-state index in [0.717, 1.165) is 24.6 Å². The van der Waals surface area contributed by atoms with E-state index >= 15 is 0 Å². The first kappa shape index (κ1) is 12.4. The first-order valence-electron chi connectivity index (χ1n) is 5.27. The molecule has 0 aromatic heterocycles. The maximum Gasteiger partial charge on any atom is 0.332 e. The van der Waals surface area contributed by atoms with Crippen LogP contribution in [0, 0.1) is 0 Å². The summed E-state index contributed by atoms with van der Waals surface area (Å²) < 4.78 is 5.01. The molecule has 1 N–H and O–H groups in total. The summed E-state index contributed by atoms with van der Waals surface area (Å²) in [6.45, 7) is 4.19. The summed E-state index contributed by atoms with van der Waals surface area (Å²) in [5.41, 5.74) is -0.770. The van der Waals surface area contributed by atoms with Gasteiger partial charge in [-0.3, -0.25) is 4.79 Å². The fourth-order valence-corrected chi connectivity index (χ4v) is 2.53. The van der Waals surface area contributed by atoms with Gasteiger partial charge in [0.05, 0.1) is 6.61 Å². The highest BCUT2D eigenvalue weighted by Crippen LogP contribution is 2.29. The molecule has 1 unspecified atom stereocenters. The van der Waals surface area contributed by atoms with Crippen molar-refractivity contribution in [3.05, 3.63) is 0 Å². The number of ether oxygens (including phenoxy) is 1. The molecular formula is C10H17NO3S. The van der Waals surface area contributed by atoms with Gasteiger partial charge in [-0.05, 0) is 13.3 Å². The topological polar surface area (TPSA) is 55.4 Å². The van der Waals surface area contributed by atoms with Crippen LogP contribution in [0.15, 0.2) is 0 Å². The smallest absolute Gasteiger partial charge is 0.332 e. The van der Waals surface area contributed by atoms with Gasteiger partial charge in [0, 0.05) is 5.75 Å². The van der Waals surface area contributed by atoms with Gasteiger partial charge >= 0.3 is 5.97 Å². The van der Waals surface area contributed by atoms with Crippen LogP contribution in [0.4, 0.5) is 4.79 Å². The van der Waals surface area contributed by atoms with E-state index in [1.165, 1.54) is 0 Å². The van der Waals surface area contributed by atoms with E-state index in [1.54, 1.807) is 6.92 Å². The number of nitrogens with one attached hydrogen (secondary N) is 1. The largest absolute Gasteiger partial charge is 0.464 e. The Hall–Kier alpha value is -0.710. The summed E-state index contributed by atoms with van der Waals surface area (Å²) in [5.74, 6) is 0.196. The monoisotopic (exact) mass is 231 g/mol. The number of carbonyl (C=O) groups is 2. The van der Waals surface area contributed by atoms with Crippen LogP contribution in [0.5, 0.6) is 0 Å². The average molecular weight is 231 g/mol. The molecule has 1 amide bonds. The SMILES string of the molecule is CCCCC1(C(=O)OCC)CSC(=O)N1. The predicted octanol–water partition coefficient (Wildman–Crippen LogP) is 1.93. The van der Waals surface area contributed by atoms with Crippen molar-refractivity contribution in [1.82, 2.24) is 5.32 Å². The van der Waals surface area contributed by atoms with Crippen LogP contribution in [-0.4, -0.2) is 29.1 Å². The Bertz CT molecular complexity index is 257. The van der Waals surface area contributed by atoms with Crippen LogP contribution in [0.1, 0.15) is 33.1 Å². The third-order valence-corrected chi connectivity index (χ3v) is 3.42. The van der Waals surface area contributed by atoms with Gasteiger partial charge < -0.3 is 10.1 Å². The van der Waals surface area contributed by atoms with E-state index in [-0.39, 0.29) is 11.2 Å². The molecule has 1 atom stereocenters. The van der Waals surface area contributed by atoms with Gasteiger partial charge in [0.25, 0.3) is 5.24 Å². The lowest BCUT2D eigenvalue weighted by Gasteiger charge is -2.25. The van der Waals surface area contributed by atoms with Crippen LogP contribution >= 0.6 is 11.8 Å². The zero-order valence-electron chi connectivity index (χ0n) is 9.17. The second-order valence-corrected chi connectivity index (χ2v) is 4.56. The summed E-state index contributed by atoms with van der Waals surface area (Å²) in [5, 5.41) is 2.61. The van der Waals surface area contributed by atoms with Gasteiger partial charge in [-0.15, -0.1) is 0 Å². The minimum atomic E-state index is -0.770. The summed E-state index contributed by atoms with van der Waals surface area (Å²) in [6, 6.07) is 0. The number of hydrogen-bond acceptors (Lipinski definition) is 4. The molecule has 4 nitrogen and oxygen atoms in total. The molecule has 0 aromatic rings. The van der Waals surface area contributed by atoms with Crippen molar-refractivity contribution in [3.8, 4) is 0 Å². The number of thioether (sulfide) groups is 1. The predicted molar refractivity (Wildman–Crippen MR) is 59.9 cm³/mol. The van der Waals surface area contributed by atoms with E-state index in [1.807, 2.05) is 0 Å². The van der Waals surface area contributed by atoms with E-state index in [9.17, 15) is 9.59 Å². The van der Waals surface area contributed by atoms with Gasteiger partial charge in [0.15, 0.2) is 0 Å². The van der Waals surface area contributed by atoms with Crippen molar-refractivity contribution >= 4 is 23.0 Å². The van der Waals surface area contributed by atoms with Gasteiger partial charge in [-0.1, -0.05) is 31.5 Å². The Balaban J connectivity index is 2.68. The van der Waals surface area contributed by atoms with Crippen molar-refractivity contribution in [2.75, 3.05) is 12.4 Å². The Kier molecular flexibility index (Phi) is 4.45. The molecule has 0 aromatic carbocycles. The zero-order chi connectivity index (χ0) is 11.3. The van der Waals surface area contributed by atoms with E-state index < -0.39 is 5.54 Å². The molecule has 1 rings (SSSR count). The van der Waals surface area contributed by atoms with Gasteiger partial charge in [0.1, 0.15) is 5.54 Å². The summed E-state index contributed by atoms with van der Waals surface area (Å²) >= 11 is 1.16. The Morgan fingerprint density at radius 1 is 1.60 bits per heavy atom. The average Bonchev–Trinajstić information content (AvgIpc) is 2.59. The van der Waals surface area contributed by atoms with Crippen LogP contribution < -0.4 is 5.32 Å². The molecule has 0 radical (unpaired) electrons. The highest BCUT2D eigenvalue weighted by molar-refractivity contribution is 8.14. The van der Waals surface area contributed by atoms with Crippen LogP contribution in [-0.2, 0) is 9.53 Å². The molecule has 0 spiro atoms. The van der Waals surface area contributed by atoms with Crippen LogP contribution in [0.2, 0.25) is 0 Å². The molecular weight excluding hydrogens is 214 g/mol. The number of esters is 1. The maximum atomic E-state index is 11.8. The third kappa shape index (κ3) is 2.87. The van der Waals surface area contributed by atoms with E-state index in [2.05, 4.69) is 12.2 Å². The van der Waals surface area contributed by atoms with Crippen LogP contribution in [0.3, 0.4) is 0 Å². The van der Waals surface area contributed by atoms with Crippen LogP contribution in [0.25, 0.3) is 0 Å². The van der Waals surface area contributed by atoms with E-state index in [0.29, 0.717) is 18.8 Å². The molecule has 1 saturated heterocycles. The molecule has 1 aliphatic rings. The number of carbonyl (C=O) groups excluding carboxylic acids is 2. The summed E-state index contributed by atoms with van der Waals surface area (Å²) in [7, 11) is 0. The second-order valence-electron chi connectivity index (χ2n) is 3.61. The standard InChI is InChI=1S/C10H17NO3S/c1-3-5-6-10(8(12)14-4-2)7-15-9(13)11-10/h3-7H2,1-2H3,(H,11,13). The quantitative estimate of drug-likeness (QED) is 0.735. The van der Waals surface area contributed by atoms with Gasteiger partial charge in [-0.25, -0.2) is 4.79 Å². The van der Waals surface area contributed by atoms with Crippen molar-refractivity contribution in [2.45, 2.75) is 38.6 Å². The molecule has 1 heterocycles. The Morgan fingerprint density at radius 3 is 2.80 bits per heavy atom. The molecule has 1 fully saturated rings. The van der Waals surface area contributed by atoms with Gasteiger partial charge in [-0.2, -0.15) is 0 Å². The second kappa shape index (κ2) is 5.39. The molecule has 1 aliphatic heterocycles. The molecule has 5 heteroatoms. The fraction of sp³-hybridized carbons (Fsp3) is 0.800. The lowest BCUT2D eigenvalue weighted by Crippen LogP contribution is -2.51. The molecule has 15 heavy (non-hydrogen) atoms. The fourth-order valence-electron chi connectivity index (χ4n) is 1.55. The lowest BCUT2D eigenvalue weighted by molar-refractivity contribution is -0.149. The molecule has 0 saturated carbocycles. The minimum absolute atomic E-state index is 0.126. The normalized spacial score (nSPS) is 25.1. The maximum absolute atomic E-state index is 11.8. The molecule has 0 bridgehead atoms. The Labute approximate surface area is 94.1 Å². The number of rotatable bonds is 5. The molecule has 86 valence electrons. The zero-order valence-corrected chi connectivity index (χ0v) is 9.99. The lowest BCUT2D eigenvalue weighted by atomic mass is 9.95. The highest BCUT2D eigenvalue weighted by Gasteiger charge is 2.45. The number of hydrogen-bond donors (Lipinski definition) is 1. The Morgan fingerprint density at radius 2 is 2.33 bits per heavy atom. The molecule has 0 aliphatic carbocycles. The number of amides is 1. The van der Waals surface area contributed by atoms with Gasteiger partial charge in [0.2, 0.25) is 0 Å². The van der Waals surface area contributed by atoms with Crippen molar-refractivity contribution in [2.24, 2.45) is 0 Å². The van der Waals surface area contributed by atoms with Crippen molar-refractivity contribution in [3.63, 3.8) is 0 Å². The van der Waals surface area contributed by atoms with Crippen molar-refractivity contribution in [1.29, 1.82) is 0 Å². The number of unbranched alkanes of at least 4 members (excludes halogenated alkanes) is 1. The van der Waals surface area contributed by atoms with Crippen molar-refractivity contribution < 1.29 is 14.3 Å².